The molecule has 0 saturated heterocycles. The topological polar surface area (TPSA) is 34.1 Å². The monoisotopic (exact) mass is 372 g/mol. The fraction of sp³-hybridized carbons (Fsp3) is 0.150. The number of halogens is 2. The molecule has 3 aromatic rings. The van der Waals surface area contributed by atoms with Crippen molar-refractivity contribution in [2.75, 3.05) is 0 Å². The summed E-state index contributed by atoms with van der Waals surface area (Å²) in [4.78, 5) is 4.29. The van der Waals surface area contributed by atoms with Crippen LogP contribution in [0, 0.1) is 0 Å². The normalized spacial score (nSPS) is 10.6. The molecule has 3 nitrogen and oxygen atoms in total. The first kappa shape index (κ1) is 17.7. The highest BCUT2D eigenvalue weighted by Gasteiger charge is 2.06. The number of ether oxygens (including phenoxy) is 1. The summed E-state index contributed by atoms with van der Waals surface area (Å²) in [5.41, 5.74) is 3.00. The van der Waals surface area contributed by atoms with Crippen LogP contribution in [0.3, 0.4) is 0 Å². The zero-order valence-corrected chi connectivity index (χ0v) is 15.1. The third-order valence-corrected chi connectivity index (χ3v) is 4.44. The van der Waals surface area contributed by atoms with E-state index in [1.807, 2.05) is 60.7 Å². The van der Waals surface area contributed by atoms with E-state index in [9.17, 15) is 0 Å². The van der Waals surface area contributed by atoms with Crippen molar-refractivity contribution in [3.8, 4) is 5.75 Å². The molecule has 0 amide bonds. The average Bonchev–Trinajstić information content (AvgIpc) is 2.63. The molecule has 0 bridgehead atoms. The van der Waals surface area contributed by atoms with Crippen LogP contribution in [0.25, 0.3) is 0 Å². The summed E-state index contributed by atoms with van der Waals surface area (Å²) in [6.07, 6.45) is 1.80. The third-order valence-electron chi connectivity index (χ3n) is 3.73. The second kappa shape index (κ2) is 8.86. The second-order valence-corrected chi connectivity index (χ2v) is 6.37. The van der Waals surface area contributed by atoms with Crippen molar-refractivity contribution in [3.05, 3.63) is 93.7 Å². The molecule has 1 aromatic heterocycles. The molecule has 1 N–H and O–H groups in total. The molecule has 0 spiro atoms. The van der Waals surface area contributed by atoms with Gasteiger partial charge in [0.2, 0.25) is 0 Å². The Kier molecular flexibility index (Phi) is 6.29. The van der Waals surface area contributed by atoms with Gasteiger partial charge < -0.3 is 10.1 Å². The Balaban J connectivity index is 1.50. The lowest BCUT2D eigenvalue weighted by molar-refractivity contribution is 0.306. The highest BCUT2D eigenvalue weighted by atomic mass is 35.5. The number of nitrogens with zero attached hydrogens (tertiary/aromatic N) is 1. The van der Waals surface area contributed by atoms with Crippen LogP contribution >= 0.6 is 23.2 Å². The quantitative estimate of drug-likeness (QED) is 0.614. The average molecular weight is 373 g/mol. The van der Waals surface area contributed by atoms with E-state index < -0.39 is 0 Å². The highest BCUT2D eigenvalue weighted by molar-refractivity contribution is 6.35. The molecule has 0 aliphatic heterocycles. The molecule has 5 heteroatoms. The zero-order chi connectivity index (χ0) is 17.5. The van der Waals surface area contributed by atoms with E-state index in [0.717, 1.165) is 30.1 Å². The van der Waals surface area contributed by atoms with Crippen LogP contribution in [-0.4, -0.2) is 4.98 Å². The minimum absolute atomic E-state index is 0.343. The maximum absolute atomic E-state index is 6.15. The maximum Gasteiger partial charge on any atom is 0.119 e. The summed E-state index contributed by atoms with van der Waals surface area (Å²) in [7, 11) is 0. The van der Waals surface area contributed by atoms with E-state index in [-0.39, 0.29) is 0 Å². The first-order valence-corrected chi connectivity index (χ1v) is 8.73. The van der Waals surface area contributed by atoms with Gasteiger partial charge in [-0.1, -0.05) is 47.5 Å². The fourth-order valence-electron chi connectivity index (χ4n) is 2.37. The van der Waals surface area contributed by atoms with Gasteiger partial charge in [-0.3, -0.25) is 4.98 Å². The highest BCUT2D eigenvalue weighted by Crippen LogP contribution is 2.25. The molecule has 0 aliphatic carbocycles. The van der Waals surface area contributed by atoms with Gasteiger partial charge in [-0.15, -0.1) is 0 Å². The smallest absolute Gasteiger partial charge is 0.119 e. The van der Waals surface area contributed by atoms with Crippen molar-refractivity contribution in [3.63, 3.8) is 0 Å². The predicted octanol–water partition coefficient (Wildman–Crippen LogP) is 5.26. The first-order chi connectivity index (χ1) is 12.2. The van der Waals surface area contributed by atoms with E-state index >= 15 is 0 Å². The molecule has 1 heterocycles. The Hall–Kier alpha value is -2.07. The Morgan fingerprint density at radius 1 is 0.840 bits per heavy atom. The largest absolute Gasteiger partial charge is 0.489 e. The van der Waals surface area contributed by atoms with Crippen LogP contribution in [0.15, 0.2) is 66.9 Å². The molecule has 0 unspecified atom stereocenters. The Labute approximate surface area is 157 Å². The van der Waals surface area contributed by atoms with Crippen molar-refractivity contribution in [2.24, 2.45) is 0 Å². The molecule has 0 fully saturated rings. The number of nitrogens with one attached hydrogen (secondary N) is 1. The van der Waals surface area contributed by atoms with Gasteiger partial charge in [0.15, 0.2) is 0 Å². The van der Waals surface area contributed by atoms with E-state index in [2.05, 4.69) is 10.3 Å². The van der Waals surface area contributed by atoms with Gasteiger partial charge in [-0.2, -0.15) is 0 Å². The van der Waals surface area contributed by atoms with Crippen molar-refractivity contribution >= 4 is 23.2 Å². The summed E-state index contributed by atoms with van der Waals surface area (Å²) in [6, 6.07) is 19.3. The molecule has 0 aliphatic rings. The van der Waals surface area contributed by atoms with Crippen molar-refractivity contribution < 1.29 is 4.74 Å². The van der Waals surface area contributed by atoms with Gasteiger partial charge in [0.25, 0.3) is 0 Å². The molecule has 0 atom stereocenters. The van der Waals surface area contributed by atoms with Gasteiger partial charge >= 0.3 is 0 Å². The lowest BCUT2D eigenvalue weighted by Gasteiger charge is -2.10. The van der Waals surface area contributed by atoms with Gasteiger partial charge in [0.1, 0.15) is 12.4 Å². The van der Waals surface area contributed by atoms with Crippen LogP contribution in [0.1, 0.15) is 16.8 Å². The molecular weight excluding hydrogens is 355 g/mol. The molecule has 3 rings (SSSR count). The number of aromatic nitrogens is 1. The van der Waals surface area contributed by atoms with E-state index in [1.165, 1.54) is 5.56 Å². The Morgan fingerprint density at radius 2 is 1.60 bits per heavy atom. The zero-order valence-electron chi connectivity index (χ0n) is 13.6. The van der Waals surface area contributed by atoms with Gasteiger partial charge in [0.05, 0.1) is 5.69 Å². The van der Waals surface area contributed by atoms with Gasteiger partial charge in [-0.25, -0.2) is 0 Å². The number of hydrogen-bond donors (Lipinski definition) is 1. The maximum atomic E-state index is 6.15. The molecule has 2 aromatic carbocycles. The SMILES string of the molecule is Clc1cccc(Cl)c1COc1ccc(CNCc2ccccn2)cc1. The Bertz CT molecular complexity index is 787. The van der Waals surface area contributed by atoms with Crippen LogP contribution in [0.4, 0.5) is 0 Å². The van der Waals surface area contributed by atoms with Crippen molar-refractivity contribution in [2.45, 2.75) is 19.7 Å². The number of benzene rings is 2. The molecule has 128 valence electrons. The molecule has 25 heavy (non-hydrogen) atoms. The van der Waals surface area contributed by atoms with Crippen molar-refractivity contribution in [1.82, 2.24) is 10.3 Å². The van der Waals surface area contributed by atoms with Crippen LogP contribution in [-0.2, 0) is 19.7 Å². The molecule has 0 radical (unpaired) electrons. The first-order valence-electron chi connectivity index (χ1n) is 7.97. The van der Waals surface area contributed by atoms with E-state index in [1.54, 1.807) is 6.20 Å². The van der Waals surface area contributed by atoms with E-state index in [0.29, 0.717) is 16.7 Å². The Morgan fingerprint density at radius 3 is 2.28 bits per heavy atom. The second-order valence-electron chi connectivity index (χ2n) is 5.56. The van der Waals surface area contributed by atoms with Crippen LogP contribution < -0.4 is 10.1 Å². The summed E-state index contributed by atoms with van der Waals surface area (Å²) in [5.74, 6) is 0.782. The summed E-state index contributed by atoms with van der Waals surface area (Å²) in [6.45, 7) is 1.85. The summed E-state index contributed by atoms with van der Waals surface area (Å²) < 4.78 is 5.78. The van der Waals surface area contributed by atoms with Gasteiger partial charge in [0, 0.05) is 34.9 Å². The standard InChI is InChI=1S/C20H18Cl2N2O/c21-19-5-3-6-20(22)18(19)14-25-17-9-7-15(8-10-17)12-23-13-16-4-1-2-11-24-16/h1-11,23H,12-14H2. The lowest BCUT2D eigenvalue weighted by Crippen LogP contribution is -2.13. The number of hydrogen-bond acceptors (Lipinski definition) is 3. The van der Waals surface area contributed by atoms with Crippen molar-refractivity contribution in [1.29, 1.82) is 0 Å². The lowest BCUT2D eigenvalue weighted by atomic mass is 10.2. The number of rotatable bonds is 7. The van der Waals surface area contributed by atoms with Gasteiger partial charge in [-0.05, 0) is 42.0 Å². The summed E-state index contributed by atoms with van der Waals surface area (Å²) >= 11 is 12.3. The summed E-state index contributed by atoms with van der Waals surface area (Å²) in [5, 5.41) is 4.60. The van der Waals surface area contributed by atoms with Crippen LogP contribution in [0.2, 0.25) is 10.0 Å². The molecule has 0 saturated carbocycles. The fourth-order valence-corrected chi connectivity index (χ4v) is 2.87. The van der Waals surface area contributed by atoms with E-state index in [4.69, 9.17) is 27.9 Å². The molecular formula is C20H18Cl2N2O. The third kappa shape index (κ3) is 5.20. The number of pyridine rings is 1. The minimum atomic E-state index is 0.343. The minimum Gasteiger partial charge on any atom is -0.489 e. The van der Waals surface area contributed by atoms with Crippen LogP contribution in [0.5, 0.6) is 5.75 Å². The predicted molar refractivity (Wildman–Crippen MR) is 102 cm³/mol.